The first-order valence-corrected chi connectivity index (χ1v) is 7.93. The fourth-order valence-electron chi connectivity index (χ4n) is 3.41. The van der Waals surface area contributed by atoms with E-state index in [9.17, 15) is 0 Å². The SMILES string of the molecule is Cc1ccc(N2C(=S)N[C@H]3C[C@]2(C)Oc2ccccc23)cc1. The summed E-state index contributed by atoms with van der Waals surface area (Å²) in [6, 6.07) is 16.8. The molecule has 3 nitrogen and oxygen atoms in total. The van der Waals surface area contributed by atoms with Gasteiger partial charge in [-0.1, -0.05) is 35.9 Å². The first-order valence-electron chi connectivity index (χ1n) is 7.52. The van der Waals surface area contributed by atoms with Gasteiger partial charge in [0.2, 0.25) is 0 Å². The highest BCUT2D eigenvalue weighted by molar-refractivity contribution is 7.80. The molecule has 0 aromatic heterocycles. The molecular formula is C18H18N2OS. The Hall–Kier alpha value is -2.07. The van der Waals surface area contributed by atoms with E-state index in [1.54, 1.807) is 0 Å². The lowest BCUT2D eigenvalue weighted by Crippen LogP contribution is -2.65. The Morgan fingerprint density at radius 2 is 1.91 bits per heavy atom. The van der Waals surface area contributed by atoms with E-state index in [0.29, 0.717) is 0 Å². The van der Waals surface area contributed by atoms with E-state index in [4.69, 9.17) is 17.0 Å². The molecule has 2 atom stereocenters. The summed E-state index contributed by atoms with van der Waals surface area (Å²) in [6.45, 7) is 4.20. The zero-order valence-electron chi connectivity index (χ0n) is 12.7. The van der Waals surface area contributed by atoms with Crippen LogP contribution in [0, 0.1) is 6.92 Å². The molecule has 0 spiro atoms. The minimum Gasteiger partial charge on any atom is -0.467 e. The van der Waals surface area contributed by atoms with Crippen LogP contribution in [0.4, 0.5) is 5.69 Å². The molecule has 0 radical (unpaired) electrons. The Morgan fingerprint density at radius 3 is 2.68 bits per heavy atom. The average Bonchev–Trinajstić information content (AvgIpc) is 2.48. The molecule has 2 aromatic carbocycles. The van der Waals surface area contributed by atoms with Gasteiger partial charge in [-0.15, -0.1) is 0 Å². The van der Waals surface area contributed by atoms with E-state index in [1.807, 2.05) is 18.2 Å². The molecule has 0 amide bonds. The standard InChI is InChI=1S/C18H18N2OS/c1-12-7-9-13(10-8-12)20-17(22)19-15-11-18(20,2)21-16-6-4-3-5-14(15)16/h3-10,15H,11H2,1-2H3,(H,19,22)/t15-,18-/m0/s1. The highest BCUT2D eigenvalue weighted by Gasteiger charge is 2.48. The molecule has 2 aliphatic heterocycles. The summed E-state index contributed by atoms with van der Waals surface area (Å²) in [5.41, 5.74) is 3.02. The third-order valence-electron chi connectivity index (χ3n) is 4.47. The quantitative estimate of drug-likeness (QED) is 0.807. The number of aryl methyl sites for hydroxylation is 1. The summed E-state index contributed by atoms with van der Waals surface area (Å²) in [4.78, 5) is 2.09. The average molecular weight is 310 g/mol. The summed E-state index contributed by atoms with van der Waals surface area (Å²) in [5, 5.41) is 4.19. The normalized spacial score (nSPS) is 26.0. The van der Waals surface area contributed by atoms with Gasteiger partial charge in [0.25, 0.3) is 0 Å². The minimum atomic E-state index is -0.462. The number of para-hydroxylation sites is 1. The van der Waals surface area contributed by atoms with E-state index in [-0.39, 0.29) is 6.04 Å². The van der Waals surface area contributed by atoms with Crippen molar-refractivity contribution in [1.29, 1.82) is 0 Å². The Bertz CT molecular complexity index is 743. The maximum Gasteiger partial charge on any atom is 0.188 e. The summed E-state index contributed by atoms with van der Waals surface area (Å²) < 4.78 is 6.36. The largest absolute Gasteiger partial charge is 0.467 e. The number of nitrogens with one attached hydrogen (secondary N) is 1. The fraction of sp³-hybridized carbons (Fsp3) is 0.278. The van der Waals surface area contributed by atoms with Gasteiger partial charge >= 0.3 is 0 Å². The van der Waals surface area contributed by atoms with Gasteiger partial charge in [-0.25, -0.2) is 0 Å². The first kappa shape index (κ1) is 13.6. The lowest BCUT2D eigenvalue weighted by Gasteiger charge is -2.52. The van der Waals surface area contributed by atoms with Crippen LogP contribution in [-0.2, 0) is 0 Å². The second-order valence-corrected chi connectivity index (χ2v) is 6.58. The molecule has 0 unspecified atom stereocenters. The number of anilines is 1. The minimum absolute atomic E-state index is 0.212. The number of hydrogen-bond donors (Lipinski definition) is 1. The van der Waals surface area contributed by atoms with Gasteiger partial charge in [-0.2, -0.15) is 0 Å². The summed E-state index contributed by atoms with van der Waals surface area (Å²) >= 11 is 5.63. The summed E-state index contributed by atoms with van der Waals surface area (Å²) in [7, 11) is 0. The van der Waals surface area contributed by atoms with E-state index >= 15 is 0 Å². The Balaban J connectivity index is 1.80. The maximum atomic E-state index is 6.36. The van der Waals surface area contributed by atoms with Gasteiger partial charge in [0.05, 0.1) is 6.04 Å². The van der Waals surface area contributed by atoms with Crippen molar-refractivity contribution in [2.24, 2.45) is 0 Å². The molecule has 4 rings (SSSR count). The number of hydrogen-bond acceptors (Lipinski definition) is 2. The van der Waals surface area contributed by atoms with Crippen molar-refractivity contribution in [3.05, 3.63) is 59.7 Å². The molecule has 2 bridgehead atoms. The van der Waals surface area contributed by atoms with Crippen LogP contribution in [0.5, 0.6) is 5.75 Å². The van der Waals surface area contributed by atoms with Crippen LogP contribution in [0.15, 0.2) is 48.5 Å². The molecule has 1 fully saturated rings. The van der Waals surface area contributed by atoms with Crippen molar-refractivity contribution in [3.63, 3.8) is 0 Å². The van der Waals surface area contributed by atoms with Gasteiger partial charge in [0.15, 0.2) is 10.8 Å². The summed E-state index contributed by atoms with van der Waals surface area (Å²) in [6.07, 6.45) is 0.859. The second-order valence-electron chi connectivity index (χ2n) is 6.19. The molecule has 112 valence electrons. The van der Waals surface area contributed by atoms with Crippen molar-refractivity contribution in [2.45, 2.75) is 32.0 Å². The molecule has 1 N–H and O–H groups in total. The van der Waals surface area contributed by atoms with Crippen LogP contribution in [0.25, 0.3) is 0 Å². The molecule has 2 aromatic rings. The third-order valence-corrected chi connectivity index (χ3v) is 4.77. The summed E-state index contributed by atoms with van der Waals surface area (Å²) in [5.74, 6) is 0.938. The number of rotatable bonds is 1. The van der Waals surface area contributed by atoms with E-state index < -0.39 is 5.72 Å². The highest BCUT2D eigenvalue weighted by Crippen LogP contribution is 2.45. The van der Waals surface area contributed by atoms with Crippen LogP contribution >= 0.6 is 12.2 Å². The van der Waals surface area contributed by atoms with Crippen LogP contribution in [0.2, 0.25) is 0 Å². The van der Waals surface area contributed by atoms with Gasteiger partial charge in [0, 0.05) is 17.7 Å². The monoisotopic (exact) mass is 310 g/mol. The molecule has 1 saturated heterocycles. The van der Waals surface area contributed by atoms with Crippen LogP contribution in [0.1, 0.15) is 30.5 Å². The number of ether oxygens (including phenoxy) is 1. The van der Waals surface area contributed by atoms with Crippen LogP contribution < -0.4 is 15.0 Å². The van der Waals surface area contributed by atoms with Crippen molar-refractivity contribution >= 4 is 23.0 Å². The number of nitrogens with zero attached hydrogens (tertiary/aromatic N) is 1. The topological polar surface area (TPSA) is 24.5 Å². The zero-order chi connectivity index (χ0) is 15.3. The lowest BCUT2D eigenvalue weighted by atomic mass is 9.90. The predicted molar refractivity (Wildman–Crippen MR) is 92.2 cm³/mol. The van der Waals surface area contributed by atoms with Gasteiger partial charge < -0.3 is 10.1 Å². The number of thiocarbonyl (C=S) groups is 1. The second kappa shape index (κ2) is 4.71. The van der Waals surface area contributed by atoms with Crippen LogP contribution in [0.3, 0.4) is 0 Å². The lowest BCUT2D eigenvalue weighted by molar-refractivity contribution is 0.0498. The van der Waals surface area contributed by atoms with E-state index in [1.165, 1.54) is 11.1 Å². The Kier molecular flexibility index (Phi) is 2.91. The smallest absolute Gasteiger partial charge is 0.188 e. The highest BCUT2D eigenvalue weighted by atomic mass is 32.1. The molecule has 0 aliphatic carbocycles. The zero-order valence-corrected chi connectivity index (χ0v) is 13.5. The molecular weight excluding hydrogens is 292 g/mol. The van der Waals surface area contributed by atoms with Gasteiger partial charge in [0.1, 0.15) is 5.75 Å². The maximum absolute atomic E-state index is 6.36. The van der Waals surface area contributed by atoms with E-state index in [0.717, 1.165) is 23.0 Å². The molecule has 0 saturated carbocycles. The van der Waals surface area contributed by atoms with Crippen molar-refractivity contribution in [3.8, 4) is 5.75 Å². The Labute approximate surface area is 135 Å². The van der Waals surface area contributed by atoms with Crippen LogP contribution in [-0.4, -0.2) is 10.8 Å². The first-order chi connectivity index (χ1) is 10.6. The number of benzene rings is 2. The predicted octanol–water partition coefficient (Wildman–Crippen LogP) is 3.93. The molecule has 2 heterocycles. The van der Waals surface area contributed by atoms with Crippen molar-refractivity contribution < 1.29 is 4.74 Å². The number of fused-ring (bicyclic) bond motifs is 4. The van der Waals surface area contributed by atoms with Crippen molar-refractivity contribution in [2.75, 3.05) is 4.90 Å². The van der Waals surface area contributed by atoms with E-state index in [2.05, 4.69) is 54.4 Å². The van der Waals surface area contributed by atoms with Crippen molar-refractivity contribution in [1.82, 2.24) is 5.32 Å². The molecule has 22 heavy (non-hydrogen) atoms. The fourth-order valence-corrected chi connectivity index (χ4v) is 3.85. The van der Waals surface area contributed by atoms with Gasteiger partial charge in [-0.05, 0) is 44.3 Å². The molecule has 4 heteroatoms. The third kappa shape index (κ3) is 1.98. The van der Waals surface area contributed by atoms with Gasteiger partial charge in [-0.3, -0.25) is 4.90 Å². The Morgan fingerprint density at radius 1 is 1.18 bits per heavy atom. The molecule has 2 aliphatic rings.